The number of halogens is 1. The van der Waals surface area contributed by atoms with Crippen LogP contribution in [-0.2, 0) is 6.54 Å². The van der Waals surface area contributed by atoms with E-state index in [1.54, 1.807) is 12.3 Å². The number of unbranched alkanes of at least 4 members (excludes halogenated alkanes) is 3. The summed E-state index contributed by atoms with van der Waals surface area (Å²) in [5, 5.41) is 7.54. The largest absolute Gasteiger partial charge is 0.380 e. The van der Waals surface area contributed by atoms with Crippen LogP contribution in [-0.4, -0.2) is 15.8 Å². The fourth-order valence-corrected chi connectivity index (χ4v) is 2.23. The SMILES string of the molecule is C=CCn1ncc(NC(C)CCCCCC)c(Cl)c1=O. The zero-order chi connectivity index (χ0) is 15.0. The second-order valence-corrected chi connectivity index (χ2v) is 5.42. The van der Waals surface area contributed by atoms with Crippen molar-refractivity contribution >= 4 is 17.3 Å². The van der Waals surface area contributed by atoms with E-state index in [9.17, 15) is 4.79 Å². The molecule has 5 heteroatoms. The summed E-state index contributed by atoms with van der Waals surface area (Å²) in [6.07, 6.45) is 9.22. The van der Waals surface area contributed by atoms with Crippen LogP contribution >= 0.6 is 11.6 Å². The first-order valence-electron chi connectivity index (χ1n) is 7.23. The molecule has 0 amide bonds. The summed E-state index contributed by atoms with van der Waals surface area (Å²) in [4.78, 5) is 11.9. The number of rotatable bonds is 9. The van der Waals surface area contributed by atoms with Crippen molar-refractivity contribution in [2.75, 3.05) is 5.32 Å². The summed E-state index contributed by atoms with van der Waals surface area (Å²) in [5.74, 6) is 0. The maximum Gasteiger partial charge on any atom is 0.287 e. The molecule has 1 heterocycles. The van der Waals surface area contributed by atoms with Crippen LogP contribution < -0.4 is 10.9 Å². The van der Waals surface area contributed by atoms with E-state index in [2.05, 4.69) is 30.8 Å². The Labute approximate surface area is 125 Å². The maximum atomic E-state index is 11.9. The Balaban J connectivity index is 2.61. The number of anilines is 1. The first-order chi connectivity index (χ1) is 9.60. The number of nitrogens with zero attached hydrogens (tertiary/aromatic N) is 2. The van der Waals surface area contributed by atoms with E-state index in [0.29, 0.717) is 12.2 Å². The highest BCUT2D eigenvalue weighted by molar-refractivity contribution is 6.32. The van der Waals surface area contributed by atoms with Crippen LogP contribution in [0.25, 0.3) is 0 Å². The Kier molecular flexibility index (Phi) is 7.37. The van der Waals surface area contributed by atoms with Crippen molar-refractivity contribution in [1.82, 2.24) is 9.78 Å². The fourth-order valence-electron chi connectivity index (χ4n) is 2.03. The maximum absolute atomic E-state index is 11.9. The summed E-state index contributed by atoms with van der Waals surface area (Å²) in [6.45, 7) is 8.25. The smallest absolute Gasteiger partial charge is 0.287 e. The van der Waals surface area contributed by atoms with E-state index in [4.69, 9.17) is 11.6 Å². The van der Waals surface area contributed by atoms with Gasteiger partial charge in [0.05, 0.1) is 18.4 Å². The lowest BCUT2D eigenvalue weighted by Crippen LogP contribution is -2.25. The highest BCUT2D eigenvalue weighted by atomic mass is 35.5. The van der Waals surface area contributed by atoms with Crippen molar-refractivity contribution in [3.63, 3.8) is 0 Å². The normalized spacial score (nSPS) is 12.2. The Morgan fingerprint density at radius 1 is 1.50 bits per heavy atom. The third-order valence-electron chi connectivity index (χ3n) is 3.18. The lowest BCUT2D eigenvalue weighted by molar-refractivity contribution is 0.592. The van der Waals surface area contributed by atoms with Crippen LogP contribution in [0.1, 0.15) is 46.0 Å². The van der Waals surface area contributed by atoms with Gasteiger partial charge in [0, 0.05) is 6.04 Å². The van der Waals surface area contributed by atoms with Gasteiger partial charge < -0.3 is 5.32 Å². The molecule has 1 N–H and O–H groups in total. The van der Waals surface area contributed by atoms with Crippen LogP contribution in [0.3, 0.4) is 0 Å². The molecule has 0 saturated carbocycles. The topological polar surface area (TPSA) is 46.9 Å². The molecule has 1 rings (SSSR count). The second-order valence-electron chi connectivity index (χ2n) is 5.04. The lowest BCUT2D eigenvalue weighted by atomic mass is 10.1. The Morgan fingerprint density at radius 2 is 2.25 bits per heavy atom. The third-order valence-corrected chi connectivity index (χ3v) is 3.54. The second kappa shape index (κ2) is 8.80. The molecule has 1 unspecified atom stereocenters. The van der Waals surface area contributed by atoms with Crippen molar-refractivity contribution in [3.05, 3.63) is 34.2 Å². The van der Waals surface area contributed by atoms with Gasteiger partial charge >= 0.3 is 0 Å². The van der Waals surface area contributed by atoms with Crippen molar-refractivity contribution in [2.45, 2.75) is 58.5 Å². The Morgan fingerprint density at radius 3 is 2.90 bits per heavy atom. The monoisotopic (exact) mass is 297 g/mol. The van der Waals surface area contributed by atoms with Crippen molar-refractivity contribution < 1.29 is 0 Å². The number of nitrogens with one attached hydrogen (secondary N) is 1. The molecule has 4 nitrogen and oxygen atoms in total. The third kappa shape index (κ3) is 5.00. The molecular formula is C15H24ClN3O. The van der Waals surface area contributed by atoms with E-state index in [0.717, 1.165) is 6.42 Å². The number of allylic oxidation sites excluding steroid dienone is 1. The van der Waals surface area contributed by atoms with E-state index in [1.165, 1.54) is 30.4 Å². The molecule has 0 aliphatic heterocycles. The average Bonchev–Trinajstić information content (AvgIpc) is 2.43. The summed E-state index contributed by atoms with van der Waals surface area (Å²) in [6, 6.07) is 0.279. The van der Waals surface area contributed by atoms with Gasteiger partial charge in [-0.05, 0) is 13.3 Å². The molecule has 0 radical (unpaired) electrons. The van der Waals surface area contributed by atoms with E-state index in [1.807, 2.05) is 0 Å². The molecule has 0 aliphatic rings. The van der Waals surface area contributed by atoms with Crippen LogP contribution in [0.5, 0.6) is 0 Å². The van der Waals surface area contributed by atoms with Gasteiger partial charge in [0.2, 0.25) is 0 Å². The van der Waals surface area contributed by atoms with Gasteiger partial charge in [-0.3, -0.25) is 4.79 Å². The number of hydrogen-bond donors (Lipinski definition) is 1. The predicted octanol–water partition coefficient (Wildman–Crippen LogP) is 3.85. The molecule has 20 heavy (non-hydrogen) atoms. The first-order valence-corrected chi connectivity index (χ1v) is 7.61. The quantitative estimate of drug-likeness (QED) is 0.556. The van der Waals surface area contributed by atoms with Gasteiger partial charge in [0.15, 0.2) is 0 Å². The molecule has 1 aromatic rings. The zero-order valence-corrected chi connectivity index (χ0v) is 13.1. The average molecular weight is 298 g/mol. The molecule has 0 aromatic carbocycles. The molecular weight excluding hydrogens is 274 g/mol. The van der Waals surface area contributed by atoms with E-state index >= 15 is 0 Å². The number of aromatic nitrogens is 2. The molecule has 0 fully saturated rings. The molecule has 0 saturated heterocycles. The van der Waals surface area contributed by atoms with Gasteiger partial charge in [0.25, 0.3) is 5.56 Å². The molecule has 0 bridgehead atoms. The highest BCUT2D eigenvalue weighted by Gasteiger charge is 2.10. The fraction of sp³-hybridized carbons (Fsp3) is 0.600. The summed E-state index contributed by atoms with van der Waals surface area (Å²) >= 11 is 6.09. The van der Waals surface area contributed by atoms with Gasteiger partial charge in [-0.15, -0.1) is 6.58 Å². The van der Waals surface area contributed by atoms with Crippen LogP contribution in [0, 0.1) is 0 Å². The Bertz CT molecular complexity index is 484. The molecule has 1 atom stereocenters. The lowest BCUT2D eigenvalue weighted by Gasteiger charge is -2.16. The van der Waals surface area contributed by atoms with E-state index in [-0.39, 0.29) is 16.6 Å². The van der Waals surface area contributed by atoms with Crippen LogP contribution in [0.2, 0.25) is 5.02 Å². The summed E-state index contributed by atoms with van der Waals surface area (Å²) in [5.41, 5.74) is 0.328. The minimum absolute atomic E-state index is 0.197. The van der Waals surface area contributed by atoms with Gasteiger partial charge in [-0.2, -0.15) is 5.10 Å². The van der Waals surface area contributed by atoms with Gasteiger partial charge in [-0.1, -0.05) is 50.3 Å². The highest BCUT2D eigenvalue weighted by Crippen LogP contribution is 2.18. The molecule has 0 aliphatic carbocycles. The minimum atomic E-state index is -0.283. The van der Waals surface area contributed by atoms with Gasteiger partial charge in [-0.25, -0.2) is 4.68 Å². The Hall–Kier alpha value is -1.29. The van der Waals surface area contributed by atoms with Crippen molar-refractivity contribution in [1.29, 1.82) is 0 Å². The molecule has 1 aromatic heterocycles. The first kappa shape index (κ1) is 16.8. The summed E-state index contributed by atoms with van der Waals surface area (Å²) < 4.78 is 1.30. The zero-order valence-electron chi connectivity index (χ0n) is 12.4. The minimum Gasteiger partial charge on any atom is -0.380 e. The molecule has 112 valence electrons. The molecule has 0 spiro atoms. The standard InChI is InChI=1S/C15H24ClN3O/c1-4-6-7-8-9-12(3)18-13-11-17-19(10-5-2)15(20)14(13)16/h5,11-12,18H,2,4,6-10H2,1,3H3. The van der Waals surface area contributed by atoms with Gasteiger partial charge in [0.1, 0.15) is 5.02 Å². The van der Waals surface area contributed by atoms with Crippen LogP contribution in [0.15, 0.2) is 23.6 Å². The number of hydrogen-bond acceptors (Lipinski definition) is 3. The predicted molar refractivity (Wildman–Crippen MR) is 85.5 cm³/mol. The summed E-state index contributed by atoms with van der Waals surface area (Å²) in [7, 11) is 0. The van der Waals surface area contributed by atoms with Crippen LogP contribution in [0.4, 0.5) is 5.69 Å². The van der Waals surface area contributed by atoms with Crippen molar-refractivity contribution in [3.8, 4) is 0 Å². The van der Waals surface area contributed by atoms with E-state index < -0.39 is 0 Å². The van der Waals surface area contributed by atoms with Crippen molar-refractivity contribution in [2.24, 2.45) is 0 Å².